The molecule has 0 bridgehead atoms. The minimum Gasteiger partial charge on any atom is -0.501 e. The highest BCUT2D eigenvalue weighted by atomic mass is 32.2. The van der Waals surface area contributed by atoms with Gasteiger partial charge in [-0.15, -0.1) is 0 Å². The van der Waals surface area contributed by atoms with Crippen LogP contribution in [0.4, 0.5) is 0 Å². The zero-order chi connectivity index (χ0) is 17.8. The first-order valence-corrected chi connectivity index (χ1v) is 9.06. The van der Waals surface area contributed by atoms with E-state index in [-0.39, 0.29) is 4.90 Å². The van der Waals surface area contributed by atoms with Crippen molar-refractivity contribution in [3.05, 3.63) is 42.7 Å². The third-order valence-electron chi connectivity index (χ3n) is 2.77. The van der Waals surface area contributed by atoms with Crippen molar-refractivity contribution in [1.29, 1.82) is 0 Å². The van der Waals surface area contributed by atoms with E-state index in [1.807, 2.05) is 6.08 Å². The van der Waals surface area contributed by atoms with E-state index in [1.54, 1.807) is 24.5 Å². The first-order chi connectivity index (χ1) is 10.7. The summed E-state index contributed by atoms with van der Waals surface area (Å²) >= 11 is 0. The number of hydrogen-bond acceptors (Lipinski definition) is 4. The molecular formula is C17H30NO4S+. The van der Waals surface area contributed by atoms with Crippen LogP contribution in [-0.4, -0.2) is 54.3 Å². The molecule has 0 heterocycles. The first kappa shape index (κ1) is 21.6. The average Bonchev–Trinajstić information content (AvgIpc) is 2.51. The third kappa shape index (κ3) is 11.8. The molecule has 0 saturated heterocycles. The van der Waals surface area contributed by atoms with Crippen LogP contribution in [0.15, 0.2) is 47.6 Å². The largest absolute Gasteiger partial charge is 0.501 e. The van der Waals surface area contributed by atoms with Crippen LogP contribution in [0.1, 0.15) is 19.8 Å². The Labute approximate surface area is 141 Å². The van der Waals surface area contributed by atoms with Gasteiger partial charge in [-0.05, 0) is 18.6 Å². The van der Waals surface area contributed by atoms with Crippen LogP contribution >= 0.6 is 0 Å². The Morgan fingerprint density at radius 1 is 1.13 bits per heavy atom. The van der Waals surface area contributed by atoms with Crippen molar-refractivity contribution in [2.75, 3.05) is 41.4 Å². The Balaban J connectivity index is 0.000000422. The lowest BCUT2D eigenvalue weighted by Gasteiger charge is -2.23. The number of ether oxygens (including phenoxy) is 1. The van der Waals surface area contributed by atoms with Gasteiger partial charge in [0.25, 0.3) is 10.1 Å². The molecule has 0 aliphatic heterocycles. The SMILES string of the molecule is CCC=COCCC[N+](C)(C)C.COS(=O)(=O)c1ccccc1. The molecule has 0 atom stereocenters. The van der Waals surface area contributed by atoms with Crippen molar-refractivity contribution in [1.82, 2.24) is 0 Å². The van der Waals surface area contributed by atoms with Gasteiger partial charge < -0.3 is 9.22 Å². The van der Waals surface area contributed by atoms with Crippen LogP contribution in [0.2, 0.25) is 0 Å². The summed E-state index contributed by atoms with van der Waals surface area (Å²) in [5, 5.41) is 0. The molecule has 1 rings (SSSR count). The predicted octanol–water partition coefficient (Wildman–Crippen LogP) is 3.04. The number of quaternary nitrogens is 1. The summed E-state index contributed by atoms with van der Waals surface area (Å²) in [6.45, 7) is 4.11. The van der Waals surface area contributed by atoms with Crippen LogP contribution in [0.5, 0.6) is 0 Å². The zero-order valence-electron chi connectivity index (χ0n) is 14.9. The van der Waals surface area contributed by atoms with Crippen molar-refractivity contribution in [2.45, 2.75) is 24.7 Å². The number of nitrogens with zero attached hydrogens (tertiary/aromatic N) is 1. The average molecular weight is 344 g/mol. The summed E-state index contributed by atoms with van der Waals surface area (Å²) in [6.07, 6.45) is 6.01. The van der Waals surface area contributed by atoms with E-state index in [2.05, 4.69) is 32.2 Å². The van der Waals surface area contributed by atoms with Gasteiger partial charge in [-0.2, -0.15) is 8.42 Å². The molecule has 0 aliphatic rings. The maximum absolute atomic E-state index is 11.0. The van der Waals surface area contributed by atoms with Gasteiger partial charge in [-0.1, -0.05) is 31.2 Å². The molecule has 132 valence electrons. The van der Waals surface area contributed by atoms with Gasteiger partial charge in [-0.3, -0.25) is 4.18 Å². The van der Waals surface area contributed by atoms with E-state index in [0.29, 0.717) is 0 Å². The highest BCUT2D eigenvalue weighted by molar-refractivity contribution is 7.86. The van der Waals surface area contributed by atoms with E-state index in [4.69, 9.17) is 4.74 Å². The van der Waals surface area contributed by atoms with Gasteiger partial charge in [0.15, 0.2) is 0 Å². The van der Waals surface area contributed by atoms with Gasteiger partial charge in [0.2, 0.25) is 0 Å². The second-order valence-electron chi connectivity index (χ2n) is 5.95. The molecule has 0 aliphatic carbocycles. The highest BCUT2D eigenvalue weighted by Crippen LogP contribution is 2.09. The molecule has 0 saturated carbocycles. The summed E-state index contributed by atoms with van der Waals surface area (Å²) < 4.78 is 32.5. The molecule has 6 heteroatoms. The van der Waals surface area contributed by atoms with Gasteiger partial charge >= 0.3 is 0 Å². The Morgan fingerprint density at radius 2 is 1.74 bits per heavy atom. The quantitative estimate of drug-likeness (QED) is 0.315. The van der Waals surface area contributed by atoms with Gasteiger partial charge in [0, 0.05) is 6.42 Å². The monoisotopic (exact) mass is 344 g/mol. The van der Waals surface area contributed by atoms with Crippen LogP contribution in [-0.2, 0) is 19.0 Å². The Bertz CT molecular complexity index is 533. The number of benzene rings is 1. The lowest BCUT2D eigenvalue weighted by Crippen LogP contribution is -2.35. The fourth-order valence-electron chi connectivity index (χ4n) is 1.54. The van der Waals surface area contributed by atoms with Crippen molar-refractivity contribution in [2.24, 2.45) is 0 Å². The van der Waals surface area contributed by atoms with E-state index in [9.17, 15) is 8.42 Å². The maximum atomic E-state index is 11.0. The van der Waals surface area contributed by atoms with Crippen molar-refractivity contribution >= 4 is 10.1 Å². The normalized spacial score (nSPS) is 11.9. The summed E-state index contributed by atoms with van der Waals surface area (Å²) in [5.41, 5.74) is 0. The van der Waals surface area contributed by atoms with Gasteiger partial charge in [0.05, 0.1) is 52.6 Å². The number of hydrogen-bond donors (Lipinski definition) is 0. The molecular weight excluding hydrogens is 314 g/mol. The smallest absolute Gasteiger partial charge is 0.296 e. The van der Waals surface area contributed by atoms with E-state index in [1.165, 1.54) is 18.7 Å². The lowest BCUT2D eigenvalue weighted by molar-refractivity contribution is -0.870. The first-order valence-electron chi connectivity index (χ1n) is 7.65. The molecule has 0 fully saturated rings. The molecule has 1 aromatic carbocycles. The van der Waals surface area contributed by atoms with Crippen LogP contribution in [0.3, 0.4) is 0 Å². The summed E-state index contributed by atoms with van der Waals surface area (Å²) in [4.78, 5) is 0.183. The molecule has 0 aromatic heterocycles. The zero-order valence-corrected chi connectivity index (χ0v) is 15.7. The minimum atomic E-state index is -3.50. The molecule has 5 nitrogen and oxygen atoms in total. The summed E-state index contributed by atoms with van der Waals surface area (Å²) in [6, 6.07) is 8.00. The topological polar surface area (TPSA) is 52.6 Å². The molecule has 0 amide bonds. The molecule has 0 radical (unpaired) electrons. The lowest BCUT2D eigenvalue weighted by atomic mass is 10.4. The van der Waals surface area contributed by atoms with Crippen LogP contribution < -0.4 is 0 Å². The molecule has 0 spiro atoms. The molecule has 1 aromatic rings. The Hall–Kier alpha value is -1.37. The highest BCUT2D eigenvalue weighted by Gasteiger charge is 2.10. The second kappa shape index (κ2) is 11.2. The standard InChI is InChI=1S/C10H22NO.C7H8O3S/c1-5-6-9-12-10-7-8-11(2,3)4;1-10-11(8,9)7-5-3-2-4-6-7/h6,9H,5,7-8,10H2,1-4H3;2-6H,1H3/q+1;. The maximum Gasteiger partial charge on any atom is 0.296 e. The predicted molar refractivity (Wildman–Crippen MR) is 93.5 cm³/mol. The molecule has 0 N–H and O–H groups in total. The van der Waals surface area contributed by atoms with Crippen molar-refractivity contribution in [3.8, 4) is 0 Å². The Kier molecular flexibility index (Phi) is 10.5. The molecule has 0 unspecified atom stereocenters. The van der Waals surface area contributed by atoms with Gasteiger partial charge in [-0.25, -0.2) is 0 Å². The minimum absolute atomic E-state index is 0.183. The number of allylic oxidation sites excluding steroid dienone is 1. The summed E-state index contributed by atoms with van der Waals surface area (Å²) in [7, 11) is 4.23. The van der Waals surface area contributed by atoms with E-state index in [0.717, 1.165) is 31.0 Å². The third-order valence-corrected chi connectivity index (χ3v) is 4.06. The van der Waals surface area contributed by atoms with Gasteiger partial charge in [0.1, 0.15) is 0 Å². The van der Waals surface area contributed by atoms with Crippen molar-refractivity contribution in [3.63, 3.8) is 0 Å². The number of rotatable bonds is 8. The van der Waals surface area contributed by atoms with Crippen LogP contribution in [0.25, 0.3) is 0 Å². The fraction of sp³-hybridized carbons (Fsp3) is 0.529. The van der Waals surface area contributed by atoms with Crippen LogP contribution in [0, 0.1) is 0 Å². The summed E-state index contributed by atoms with van der Waals surface area (Å²) in [5.74, 6) is 0. The van der Waals surface area contributed by atoms with Crippen molar-refractivity contribution < 1.29 is 21.8 Å². The molecule has 23 heavy (non-hydrogen) atoms. The van der Waals surface area contributed by atoms with E-state index < -0.39 is 10.1 Å². The van der Waals surface area contributed by atoms with E-state index >= 15 is 0 Å². The second-order valence-corrected chi connectivity index (χ2v) is 7.67. The Morgan fingerprint density at radius 3 is 2.22 bits per heavy atom. The fourth-order valence-corrected chi connectivity index (χ4v) is 2.22.